The number of aliphatic carboxylic acids is 1. The second kappa shape index (κ2) is 8.23. The Hall–Kier alpha value is -2.54. The number of alkyl halides is 3. The molecular weight excluding hydrogens is 371 g/mol. The van der Waals surface area contributed by atoms with Crippen molar-refractivity contribution >= 4 is 29.2 Å². The summed E-state index contributed by atoms with van der Waals surface area (Å²) in [6, 6.07) is 10.7. The number of halogens is 4. The molecule has 0 saturated carbocycles. The van der Waals surface area contributed by atoms with Gasteiger partial charge < -0.3 is 10.4 Å². The van der Waals surface area contributed by atoms with E-state index in [2.05, 4.69) is 5.32 Å². The largest absolute Gasteiger partial charge is 0.481 e. The molecule has 2 aromatic rings. The van der Waals surface area contributed by atoms with Crippen LogP contribution in [-0.2, 0) is 22.2 Å². The van der Waals surface area contributed by atoms with Crippen molar-refractivity contribution in [3.63, 3.8) is 0 Å². The van der Waals surface area contributed by atoms with Crippen LogP contribution >= 0.6 is 11.6 Å². The molecular formula is C18H15ClF3NO3. The summed E-state index contributed by atoms with van der Waals surface area (Å²) in [5.74, 6) is -2.85. The molecule has 0 aliphatic rings. The lowest BCUT2D eigenvalue weighted by Crippen LogP contribution is -2.24. The van der Waals surface area contributed by atoms with Gasteiger partial charge in [-0.05, 0) is 42.3 Å². The van der Waals surface area contributed by atoms with E-state index >= 15 is 0 Å². The number of carboxylic acids is 1. The van der Waals surface area contributed by atoms with Crippen molar-refractivity contribution in [3.8, 4) is 0 Å². The normalized spacial score (nSPS) is 12.5. The fraction of sp³-hybridized carbons (Fsp3) is 0.222. The lowest BCUT2D eigenvalue weighted by atomic mass is 9.96. The number of hydrogen-bond donors (Lipinski definition) is 2. The van der Waals surface area contributed by atoms with E-state index < -0.39 is 29.5 Å². The summed E-state index contributed by atoms with van der Waals surface area (Å²) in [5.41, 5.74) is -0.250. The first-order valence-corrected chi connectivity index (χ1v) is 7.97. The molecule has 0 aliphatic carbocycles. The van der Waals surface area contributed by atoms with Gasteiger partial charge in [0, 0.05) is 17.1 Å². The maximum absolute atomic E-state index is 12.7. The Morgan fingerprint density at radius 3 is 2.35 bits per heavy atom. The van der Waals surface area contributed by atoms with Crippen molar-refractivity contribution in [2.75, 3.05) is 5.32 Å². The summed E-state index contributed by atoms with van der Waals surface area (Å²) in [5, 5.41) is 12.1. The molecule has 4 nitrogen and oxygen atoms in total. The Morgan fingerprint density at radius 1 is 1.12 bits per heavy atom. The van der Waals surface area contributed by atoms with E-state index in [9.17, 15) is 27.9 Å². The third-order valence-electron chi connectivity index (χ3n) is 3.65. The van der Waals surface area contributed by atoms with Crippen molar-refractivity contribution in [1.82, 2.24) is 0 Å². The van der Waals surface area contributed by atoms with Crippen LogP contribution in [0.4, 0.5) is 18.9 Å². The summed E-state index contributed by atoms with van der Waals surface area (Å²) in [6.07, 6.45) is -4.80. The highest BCUT2D eigenvalue weighted by Gasteiger charge is 2.30. The highest BCUT2D eigenvalue weighted by molar-refractivity contribution is 6.30. The molecule has 0 saturated heterocycles. The molecule has 0 aromatic heterocycles. The van der Waals surface area contributed by atoms with Crippen LogP contribution in [0.5, 0.6) is 0 Å². The lowest BCUT2D eigenvalue weighted by Gasteiger charge is -2.14. The maximum Gasteiger partial charge on any atom is 0.416 e. The number of rotatable bonds is 6. The van der Waals surface area contributed by atoms with Gasteiger partial charge >= 0.3 is 12.1 Å². The SMILES string of the molecule is O=C(C[C@H](Cc1ccc(Cl)cc1)C(=O)O)Nc1cccc(C(F)(F)F)c1. The standard InChI is InChI=1S/C18H15ClF3NO3/c19-14-6-4-11(5-7-14)8-12(17(25)26)9-16(24)23-15-3-1-2-13(10-15)18(20,21)22/h1-7,10,12H,8-9H2,(H,23,24)(H,25,26)/t12-/m0/s1. The van der Waals surface area contributed by atoms with Crippen molar-refractivity contribution in [3.05, 3.63) is 64.7 Å². The minimum atomic E-state index is -4.53. The predicted octanol–water partition coefficient (Wildman–Crippen LogP) is 4.63. The Bertz CT molecular complexity index is 791. The number of anilines is 1. The van der Waals surface area contributed by atoms with E-state index in [1.807, 2.05) is 0 Å². The van der Waals surface area contributed by atoms with E-state index in [-0.39, 0.29) is 18.5 Å². The van der Waals surface area contributed by atoms with Gasteiger partial charge in [-0.15, -0.1) is 0 Å². The van der Waals surface area contributed by atoms with Crippen LogP contribution in [0.25, 0.3) is 0 Å². The number of amides is 1. The predicted molar refractivity (Wildman–Crippen MR) is 91.0 cm³/mol. The van der Waals surface area contributed by atoms with Gasteiger partial charge in [-0.1, -0.05) is 29.8 Å². The molecule has 138 valence electrons. The molecule has 0 unspecified atom stereocenters. The third-order valence-corrected chi connectivity index (χ3v) is 3.90. The van der Waals surface area contributed by atoms with E-state index in [0.29, 0.717) is 10.6 Å². The minimum absolute atomic E-state index is 0.0412. The fourth-order valence-corrected chi connectivity index (χ4v) is 2.49. The van der Waals surface area contributed by atoms with E-state index in [4.69, 9.17) is 11.6 Å². The Balaban J connectivity index is 2.04. The average Bonchev–Trinajstić information content (AvgIpc) is 2.55. The first-order valence-electron chi connectivity index (χ1n) is 7.59. The number of benzene rings is 2. The summed E-state index contributed by atoms with van der Waals surface area (Å²) in [4.78, 5) is 23.4. The fourth-order valence-electron chi connectivity index (χ4n) is 2.36. The van der Waals surface area contributed by atoms with Gasteiger partial charge in [0.05, 0.1) is 11.5 Å². The first-order chi connectivity index (χ1) is 12.1. The zero-order valence-corrected chi connectivity index (χ0v) is 14.1. The van der Waals surface area contributed by atoms with Gasteiger partial charge in [0.25, 0.3) is 0 Å². The van der Waals surface area contributed by atoms with Crippen molar-refractivity contribution in [1.29, 1.82) is 0 Å². The molecule has 2 N–H and O–H groups in total. The van der Waals surface area contributed by atoms with Crippen LogP contribution in [0, 0.1) is 5.92 Å². The van der Waals surface area contributed by atoms with Crippen molar-refractivity contribution in [2.24, 2.45) is 5.92 Å². The van der Waals surface area contributed by atoms with Gasteiger partial charge in [0.1, 0.15) is 0 Å². The minimum Gasteiger partial charge on any atom is -0.481 e. The molecule has 0 heterocycles. The zero-order valence-electron chi connectivity index (χ0n) is 13.4. The van der Waals surface area contributed by atoms with Crippen molar-refractivity contribution in [2.45, 2.75) is 19.0 Å². The molecule has 0 aliphatic heterocycles. The highest BCUT2D eigenvalue weighted by atomic mass is 35.5. The quantitative estimate of drug-likeness (QED) is 0.761. The molecule has 0 bridgehead atoms. The summed E-state index contributed by atoms with van der Waals surface area (Å²) < 4.78 is 38.1. The number of carbonyl (C=O) groups excluding carboxylic acids is 1. The Labute approximate surface area is 152 Å². The van der Waals surface area contributed by atoms with Crippen LogP contribution in [0.2, 0.25) is 5.02 Å². The lowest BCUT2D eigenvalue weighted by molar-refractivity contribution is -0.143. The molecule has 0 radical (unpaired) electrons. The van der Waals surface area contributed by atoms with Gasteiger partial charge in [0.15, 0.2) is 0 Å². The second-order valence-electron chi connectivity index (χ2n) is 5.70. The van der Waals surface area contributed by atoms with Gasteiger partial charge in [0.2, 0.25) is 5.91 Å². The zero-order chi connectivity index (χ0) is 19.3. The maximum atomic E-state index is 12.7. The second-order valence-corrected chi connectivity index (χ2v) is 6.13. The van der Waals surface area contributed by atoms with Crippen molar-refractivity contribution < 1.29 is 27.9 Å². The molecule has 0 spiro atoms. The molecule has 1 atom stereocenters. The number of hydrogen-bond acceptors (Lipinski definition) is 2. The average molecular weight is 386 g/mol. The summed E-state index contributed by atoms with van der Waals surface area (Å²) in [7, 11) is 0. The van der Waals surface area contributed by atoms with Crippen LogP contribution in [-0.4, -0.2) is 17.0 Å². The van der Waals surface area contributed by atoms with Crippen LogP contribution in [0.1, 0.15) is 17.5 Å². The molecule has 26 heavy (non-hydrogen) atoms. The molecule has 2 rings (SSSR count). The smallest absolute Gasteiger partial charge is 0.416 e. The monoisotopic (exact) mass is 385 g/mol. The number of nitrogens with one attached hydrogen (secondary N) is 1. The highest BCUT2D eigenvalue weighted by Crippen LogP contribution is 2.30. The first kappa shape index (κ1) is 19.8. The molecule has 2 aromatic carbocycles. The van der Waals surface area contributed by atoms with Gasteiger partial charge in [-0.3, -0.25) is 9.59 Å². The van der Waals surface area contributed by atoms with E-state index in [1.165, 1.54) is 12.1 Å². The number of carbonyl (C=O) groups is 2. The third kappa shape index (κ3) is 5.77. The molecule has 1 amide bonds. The van der Waals surface area contributed by atoms with Crippen LogP contribution in [0.3, 0.4) is 0 Å². The van der Waals surface area contributed by atoms with Gasteiger partial charge in [-0.2, -0.15) is 13.2 Å². The van der Waals surface area contributed by atoms with Gasteiger partial charge in [-0.25, -0.2) is 0 Å². The Morgan fingerprint density at radius 2 is 1.77 bits per heavy atom. The van der Waals surface area contributed by atoms with E-state index in [1.54, 1.807) is 24.3 Å². The Kier molecular flexibility index (Phi) is 6.26. The molecule has 0 fully saturated rings. The van der Waals surface area contributed by atoms with Crippen LogP contribution < -0.4 is 5.32 Å². The summed E-state index contributed by atoms with van der Waals surface area (Å²) >= 11 is 5.77. The topological polar surface area (TPSA) is 66.4 Å². The van der Waals surface area contributed by atoms with E-state index in [0.717, 1.165) is 12.1 Å². The summed E-state index contributed by atoms with van der Waals surface area (Å²) in [6.45, 7) is 0. The van der Waals surface area contributed by atoms with Crippen LogP contribution in [0.15, 0.2) is 48.5 Å². The molecule has 8 heteroatoms. The number of carboxylic acid groups (broad SMARTS) is 1.